The summed E-state index contributed by atoms with van der Waals surface area (Å²) >= 11 is 0. The smallest absolute Gasteiger partial charge is 0.249 e. The van der Waals surface area contributed by atoms with Crippen LogP contribution in [0.3, 0.4) is 0 Å². The van der Waals surface area contributed by atoms with Crippen molar-refractivity contribution in [1.29, 1.82) is 0 Å². The van der Waals surface area contributed by atoms with E-state index in [0.29, 0.717) is 60.9 Å². The average Bonchev–Trinajstić information content (AvgIpc) is 3.52. The molecule has 6 aliphatic rings. The van der Waals surface area contributed by atoms with E-state index < -0.39 is 0 Å². The number of carbonyl (C=O) groups excluding carboxylic acids is 2. The zero-order valence-corrected chi connectivity index (χ0v) is 32.9. The van der Waals surface area contributed by atoms with Crippen molar-refractivity contribution in [2.45, 2.75) is 100 Å². The van der Waals surface area contributed by atoms with E-state index in [1.165, 1.54) is 24.1 Å². The standard InChI is InChI=1S/C44H52N10O4/c45-42-38(24-35(49-50-42)33-4-1-2-7-39(33)55)52-25-30-12-13-31(26-52)54(30)44-46-19-16-34(47-44)28-8-10-29(11-9-28)51-20-17-27(18-21-51)32-5-3-6-36-41(32)58-23-22-53(36)37-14-15-40(56)48-43(37)57/h1-7,16,19,24,27-31,37,55H,8-15,17-18,20-23,25-26H2,(H2,45,50)(H,48,56,57)/t28?,29?,30-,31+,37?. The molecule has 5 fully saturated rings. The minimum Gasteiger partial charge on any atom is -0.507 e. The van der Waals surface area contributed by atoms with Crippen LogP contribution in [-0.4, -0.2) is 105 Å². The largest absolute Gasteiger partial charge is 0.507 e. The number of aromatic hydroxyl groups is 1. The predicted octanol–water partition coefficient (Wildman–Crippen LogP) is 4.99. The summed E-state index contributed by atoms with van der Waals surface area (Å²) in [4.78, 5) is 44.3. The molecule has 14 heteroatoms. The quantitative estimate of drug-likeness (QED) is 0.215. The third kappa shape index (κ3) is 6.84. The lowest BCUT2D eigenvalue weighted by molar-refractivity contribution is -0.134. The van der Waals surface area contributed by atoms with Gasteiger partial charge in [0.2, 0.25) is 17.8 Å². The normalized spacial score (nSPS) is 26.6. The summed E-state index contributed by atoms with van der Waals surface area (Å²) in [6, 6.07) is 18.4. The highest BCUT2D eigenvalue weighted by atomic mass is 16.5. The number of phenolic OH excluding ortho intramolecular Hbond substituents is 1. The molecule has 2 bridgehead atoms. The number of anilines is 4. The lowest BCUT2D eigenvalue weighted by Gasteiger charge is -2.43. The molecule has 0 spiro atoms. The first-order chi connectivity index (χ1) is 28.4. The Morgan fingerprint density at radius 2 is 1.57 bits per heavy atom. The van der Waals surface area contributed by atoms with E-state index in [4.69, 9.17) is 20.4 Å². The SMILES string of the molecule is Nc1nnc(-c2ccccc2O)cc1N1C[C@H]2CC[C@@H](C1)N2c1nccc(C2CCC(N3CCC(c4cccc5c4OCCN5C4CCC(=O)NC4=O)CC3)CC2)n1. The van der Waals surface area contributed by atoms with E-state index in [0.717, 1.165) is 87.8 Å². The van der Waals surface area contributed by atoms with Crippen LogP contribution in [0.2, 0.25) is 0 Å². The zero-order valence-electron chi connectivity index (χ0n) is 32.9. The molecule has 58 heavy (non-hydrogen) atoms. The molecule has 7 heterocycles. The number of rotatable bonds is 7. The topological polar surface area (TPSA) is 166 Å². The fourth-order valence-electron chi connectivity index (χ4n) is 10.8. The number of hydrogen-bond acceptors (Lipinski definition) is 13. The highest BCUT2D eigenvalue weighted by Crippen LogP contribution is 2.45. The highest BCUT2D eigenvalue weighted by Gasteiger charge is 2.43. The summed E-state index contributed by atoms with van der Waals surface area (Å²) in [5, 5.41) is 21.5. The van der Waals surface area contributed by atoms with Gasteiger partial charge < -0.3 is 35.2 Å². The fourth-order valence-corrected chi connectivity index (χ4v) is 10.8. The second-order valence-electron chi connectivity index (χ2n) is 17.0. The van der Waals surface area contributed by atoms with Gasteiger partial charge in [0.1, 0.15) is 24.1 Å². The van der Waals surface area contributed by atoms with E-state index in [1.54, 1.807) is 12.1 Å². The van der Waals surface area contributed by atoms with Gasteiger partial charge in [-0.05, 0) is 113 Å². The van der Waals surface area contributed by atoms with Crippen LogP contribution in [0.4, 0.5) is 23.1 Å². The Balaban J connectivity index is 0.753. The van der Waals surface area contributed by atoms with Gasteiger partial charge in [-0.15, -0.1) is 10.2 Å². The van der Waals surface area contributed by atoms with Gasteiger partial charge in [0.15, 0.2) is 5.82 Å². The maximum atomic E-state index is 12.8. The number of nitrogens with one attached hydrogen (secondary N) is 1. The van der Waals surface area contributed by atoms with Crippen molar-refractivity contribution in [2.24, 2.45) is 0 Å². The summed E-state index contributed by atoms with van der Waals surface area (Å²) in [5.74, 6) is 2.80. The Hall–Kier alpha value is -5.50. The molecule has 4 N–H and O–H groups in total. The van der Waals surface area contributed by atoms with Gasteiger partial charge in [0, 0.05) is 61.0 Å². The van der Waals surface area contributed by atoms with Crippen molar-refractivity contribution in [3.8, 4) is 22.8 Å². The first-order valence-corrected chi connectivity index (χ1v) is 21.3. The zero-order chi connectivity index (χ0) is 39.3. The number of nitrogen functional groups attached to an aromatic ring is 1. The Bertz CT molecular complexity index is 2170. The molecule has 4 aromatic rings. The molecule has 3 atom stereocenters. The number of carbonyl (C=O) groups is 2. The van der Waals surface area contributed by atoms with Gasteiger partial charge in [-0.2, -0.15) is 0 Å². The molecule has 1 saturated carbocycles. The Labute approximate surface area is 338 Å². The number of benzene rings is 2. The number of hydrogen-bond donors (Lipinski definition) is 3. The van der Waals surface area contributed by atoms with Crippen LogP contribution >= 0.6 is 0 Å². The molecule has 4 saturated heterocycles. The summed E-state index contributed by atoms with van der Waals surface area (Å²) in [6.45, 7) is 4.92. The Kier molecular flexibility index (Phi) is 9.74. The van der Waals surface area contributed by atoms with Crippen molar-refractivity contribution >= 4 is 35.0 Å². The maximum absolute atomic E-state index is 12.8. The van der Waals surface area contributed by atoms with Crippen LogP contribution in [0, 0.1) is 0 Å². The lowest BCUT2D eigenvalue weighted by atomic mass is 9.81. The van der Waals surface area contributed by atoms with Crippen LogP contribution in [0.5, 0.6) is 11.5 Å². The van der Waals surface area contributed by atoms with Crippen LogP contribution in [-0.2, 0) is 9.59 Å². The van der Waals surface area contributed by atoms with Crippen molar-refractivity contribution in [3.05, 3.63) is 72.1 Å². The van der Waals surface area contributed by atoms with Crippen molar-refractivity contribution in [1.82, 2.24) is 30.4 Å². The lowest BCUT2D eigenvalue weighted by Crippen LogP contribution is -2.54. The van der Waals surface area contributed by atoms with Gasteiger partial charge in [-0.3, -0.25) is 14.9 Å². The maximum Gasteiger partial charge on any atom is 0.249 e. The number of nitrogens with zero attached hydrogens (tertiary/aromatic N) is 8. The van der Waals surface area contributed by atoms with Gasteiger partial charge >= 0.3 is 0 Å². The molecule has 2 amide bonds. The summed E-state index contributed by atoms with van der Waals surface area (Å²) in [7, 11) is 0. The number of aromatic nitrogens is 4. The number of nitrogens with two attached hydrogens (primary N) is 1. The van der Waals surface area contributed by atoms with E-state index >= 15 is 0 Å². The monoisotopic (exact) mass is 784 g/mol. The summed E-state index contributed by atoms with van der Waals surface area (Å²) in [6.07, 6.45) is 11.8. The minimum absolute atomic E-state index is 0.171. The molecule has 1 unspecified atom stereocenters. The van der Waals surface area contributed by atoms with Crippen LogP contribution < -0.4 is 30.5 Å². The van der Waals surface area contributed by atoms with Crippen LogP contribution in [0.25, 0.3) is 11.3 Å². The number of imide groups is 1. The summed E-state index contributed by atoms with van der Waals surface area (Å²) < 4.78 is 6.31. The van der Waals surface area contributed by atoms with Crippen molar-refractivity contribution in [2.75, 3.05) is 59.8 Å². The number of para-hydroxylation sites is 2. The second-order valence-corrected chi connectivity index (χ2v) is 17.0. The predicted molar refractivity (Wildman–Crippen MR) is 221 cm³/mol. The Morgan fingerprint density at radius 1 is 0.793 bits per heavy atom. The third-order valence-electron chi connectivity index (χ3n) is 13.8. The van der Waals surface area contributed by atoms with Crippen molar-refractivity contribution in [3.63, 3.8) is 0 Å². The summed E-state index contributed by atoms with van der Waals surface area (Å²) in [5.41, 5.74) is 11.9. The molecule has 2 aromatic carbocycles. The van der Waals surface area contributed by atoms with Gasteiger partial charge in [0.25, 0.3) is 0 Å². The van der Waals surface area contributed by atoms with Crippen LogP contribution in [0.15, 0.2) is 60.8 Å². The first-order valence-electron chi connectivity index (χ1n) is 21.3. The molecule has 14 nitrogen and oxygen atoms in total. The second kappa shape index (κ2) is 15.3. The number of phenols is 1. The molecular formula is C44H52N10O4. The fraction of sp³-hybridized carbons (Fsp3) is 0.500. The first kappa shape index (κ1) is 36.8. The molecule has 1 aliphatic carbocycles. The number of fused-ring (bicyclic) bond motifs is 3. The molecule has 0 radical (unpaired) electrons. The Morgan fingerprint density at radius 3 is 2.34 bits per heavy atom. The number of piperidine rings is 2. The molecule has 302 valence electrons. The van der Waals surface area contributed by atoms with Gasteiger partial charge in [-0.25, -0.2) is 9.97 Å². The molecular weight excluding hydrogens is 733 g/mol. The number of piperazine rings is 1. The van der Waals surface area contributed by atoms with E-state index in [9.17, 15) is 14.7 Å². The van der Waals surface area contributed by atoms with E-state index in [1.807, 2.05) is 24.4 Å². The van der Waals surface area contributed by atoms with Gasteiger partial charge in [-0.1, -0.05) is 24.3 Å². The van der Waals surface area contributed by atoms with Crippen LogP contribution in [0.1, 0.15) is 87.3 Å². The minimum atomic E-state index is -0.337. The van der Waals surface area contributed by atoms with E-state index in [-0.39, 0.29) is 35.7 Å². The van der Waals surface area contributed by atoms with E-state index in [2.05, 4.69) is 59.4 Å². The highest BCUT2D eigenvalue weighted by molar-refractivity contribution is 6.02. The average molecular weight is 785 g/mol. The number of likely N-dealkylation sites (tertiary alicyclic amines) is 1. The number of amides is 2. The molecule has 5 aliphatic heterocycles. The molecule has 10 rings (SSSR count). The third-order valence-corrected chi connectivity index (χ3v) is 13.8. The number of ether oxygens (including phenoxy) is 1. The van der Waals surface area contributed by atoms with Crippen molar-refractivity contribution < 1.29 is 19.4 Å². The van der Waals surface area contributed by atoms with Gasteiger partial charge in [0.05, 0.1) is 23.6 Å². The molecule has 2 aromatic heterocycles.